The number of anilines is 1. The highest BCUT2D eigenvalue weighted by Gasteiger charge is 2.06. The topological polar surface area (TPSA) is 64.3 Å². The summed E-state index contributed by atoms with van der Waals surface area (Å²) in [7, 11) is 0. The van der Waals surface area contributed by atoms with Gasteiger partial charge < -0.3 is 15.8 Å². The molecule has 100 valence electrons. The molecule has 0 aromatic heterocycles. The molecule has 18 heavy (non-hydrogen) atoms. The predicted molar refractivity (Wildman–Crippen MR) is 77.0 cm³/mol. The van der Waals surface area contributed by atoms with Crippen LogP contribution in [0, 0.1) is 0 Å². The van der Waals surface area contributed by atoms with E-state index < -0.39 is 0 Å². The SMILES string of the molecule is CSCC(C)NC(=O)CCOc1ccc(N)cc1. The van der Waals surface area contributed by atoms with Crippen LogP contribution in [-0.2, 0) is 4.79 Å². The number of carbonyl (C=O) groups excluding carboxylic acids is 1. The molecule has 0 saturated carbocycles. The van der Waals surface area contributed by atoms with E-state index in [1.165, 1.54) is 0 Å². The fourth-order valence-corrected chi connectivity index (χ4v) is 2.05. The Kier molecular flexibility index (Phi) is 6.43. The van der Waals surface area contributed by atoms with Crippen LogP contribution in [0.1, 0.15) is 13.3 Å². The molecule has 0 fully saturated rings. The Balaban J connectivity index is 2.21. The summed E-state index contributed by atoms with van der Waals surface area (Å²) in [6.07, 6.45) is 2.38. The molecule has 1 atom stereocenters. The molecule has 0 spiro atoms. The smallest absolute Gasteiger partial charge is 0.223 e. The summed E-state index contributed by atoms with van der Waals surface area (Å²) in [5, 5.41) is 2.92. The Hall–Kier alpha value is -1.36. The van der Waals surface area contributed by atoms with Crippen LogP contribution < -0.4 is 15.8 Å². The highest BCUT2D eigenvalue weighted by Crippen LogP contribution is 2.13. The number of benzene rings is 1. The summed E-state index contributed by atoms with van der Waals surface area (Å²) >= 11 is 1.72. The summed E-state index contributed by atoms with van der Waals surface area (Å²) in [6.45, 7) is 2.37. The number of amides is 1. The van der Waals surface area contributed by atoms with Gasteiger partial charge in [0, 0.05) is 17.5 Å². The third-order valence-electron chi connectivity index (χ3n) is 2.30. The van der Waals surface area contributed by atoms with E-state index in [-0.39, 0.29) is 11.9 Å². The van der Waals surface area contributed by atoms with Crippen LogP contribution in [0.15, 0.2) is 24.3 Å². The molecule has 0 heterocycles. The summed E-state index contributed by atoms with van der Waals surface area (Å²) in [5.74, 6) is 1.67. The lowest BCUT2D eigenvalue weighted by Crippen LogP contribution is -2.34. The molecule has 1 aromatic rings. The summed E-state index contributed by atoms with van der Waals surface area (Å²) in [4.78, 5) is 11.6. The molecule has 0 saturated heterocycles. The maximum absolute atomic E-state index is 11.6. The minimum Gasteiger partial charge on any atom is -0.493 e. The van der Waals surface area contributed by atoms with E-state index in [9.17, 15) is 4.79 Å². The van der Waals surface area contributed by atoms with E-state index in [1.807, 2.05) is 13.2 Å². The Morgan fingerprint density at radius 3 is 2.72 bits per heavy atom. The first kappa shape index (κ1) is 14.7. The van der Waals surface area contributed by atoms with Crippen molar-refractivity contribution in [1.82, 2.24) is 5.32 Å². The first-order valence-electron chi connectivity index (χ1n) is 5.88. The molecule has 0 aliphatic heterocycles. The molecular formula is C13H20N2O2S. The molecule has 5 heteroatoms. The first-order chi connectivity index (χ1) is 8.61. The molecule has 4 nitrogen and oxygen atoms in total. The molecule has 0 radical (unpaired) electrons. The van der Waals surface area contributed by atoms with Gasteiger partial charge in [-0.25, -0.2) is 0 Å². The molecule has 1 aromatic carbocycles. The molecule has 0 aliphatic carbocycles. The van der Waals surface area contributed by atoms with E-state index >= 15 is 0 Å². The zero-order valence-corrected chi connectivity index (χ0v) is 11.6. The number of thioether (sulfide) groups is 1. The average Bonchev–Trinajstić information content (AvgIpc) is 2.32. The number of hydrogen-bond acceptors (Lipinski definition) is 4. The molecule has 1 amide bonds. The number of carbonyl (C=O) groups is 1. The zero-order valence-electron chi connectivity index (χ0n) is 10.8. The van der Waals surface area contributed by atoms with Crippen molar-refractivity contribution >= 4 is 23.4 Å². The van der Waals surface area contributed by atoms with Gasteiger partial charge in [-0.2, -0.15) is 11.8 Å². The molecule has 3 N–H and O–H groups in total. The van der Waals surface area contributed by atoms with Crippen molar-refractivity contribution in [3.63, 3.8) is 0 Å². The number of nitrogens with one attached hydrogen (secondary N) is 1. The van der Waals surface area contributed by atoms with Crippen molar-refractivity contribution in [2.45, 2.75) is 19.4 Å². The van der Waals surface area contributed by atoms with Crippen LogP contribution in [0.4, 0.5) is 5.69 Å². The minimum absolute atomic E-state index is 0.0204. The summed E-state index contributed by atoms with van der Waals surface area (Å²) in [5.41, 5.74) is 6.27. The second kappa shape index (κ2) is 7.87. The van der Waals surface area contributed by atoms with E-state index in [2.05, 4.69) is 5.32 Å². The fourth-order valence-electron chi connectivity index (χ4n) is 1.46. The number of nitrogens with two attached hydrogens (primary N) is 1. The van der Waals surface area contributed by atoms with Crippen molar-refractivity contribution in [2.24, 2.45) is 0 Å². The van der Waals surface area contributed by atoms with Gasteiger partial charge in [0.1, 0.15) is 5.75 Å². The van der Waals surface area contributed by atoms with Crippen molar-refractivity contribution < 1.29 is 9.53 Å². The van der Waals surface area contributed by atoms with E-state index in [4.69, 9.17) is 10.5 Å². The fraction of sp³-hybridized carbons (Fsp3) is 0.462. The van der Waals surface area contributed by atoms with Crippen LogP contribution in [0.5, 0.6) is 5.75 Å². The van der Waals surface area contributed by atoms with Gasteiger partial charge in [0.2, 0.25) is 5.91 Å². The third kappa shape index (κ3) is 5.82. The highest BCUT2D eigenvalue weighted by atomic mass is 32.2. The van der Waals surface area contributed by atoms with Crippen LogP contribution >= 0.6 is 11.8 Å². The number of hydrogen-bond donors (Lipinski definition) is 2. The van der Waals surface area contributed by atoms with Crippen LogP contribution in [-0.4, -0.2) is 30.6 Å². The number of nitrogen functional groups attached to an aromatic ring is 1. The van der Waals surface area contributed by atoms with Crippen molar-refractivity contribution in [3.8, 4) is 5.75 Å². The summed E-state index contributed by atoms with van der Waals surface area (Å²) in [6, 6.07) is 7.34. The van der Waals surface area contributed by atoms with Crippen molar-refractivity contribution in [3.05, 3.63) is 24.3 Å². The van der Waals surface area contributed by atoms with Crippen molar-refractivity contribution in [1.29, 1.82) is 0 Å². The van der Waals surface area contributed by atoms with E-state index in [0.717, 1.165) is 11.5 Å². The molecule has 0 aliphatic rings. The van der Waals surface area contributed by atoms with Gasteiger partial charge in [-0.3, -0.25) is 4.79 Å². The van der Waals surface area contributed by atoms with Gasteiger partial charge in [-0.05, 0) is 37.4 Å². The Labute approximate surface area is 112 Å². The molecule has 1 rings (SSSR count). The zero-order chi connectivity index (χ0) is 13.4. The van der Waals surface area contributed by atoms with Gasteiger partial charge in [0.15, 0.2) is 0 Å². The monoisotopic (exact) mass is 268 g/mol. The average molecular weight is 268 g/mol. The van der Waals surface area contributed by atoms with E-state index in [0.29, 0.717) is 18.7 Å². The van der Waals surface area contributed by atoms with Gasteiger partial charge in [-0.1, -0.05) is 0 Å². The third-order valence-corrected chi connectivity index (χ3v) is 3.14. The Morgan fingerprint density at radius 1 is 1.44 bits per heavy atom. The molecule has 0 bridgehead atoms. The van der Waals surface area contributed by atoms with E-state index in [1.54, 1.807) is 36.0 Å². The minimum atomic E-state index is 0.0204. The summed E-state index contributed by atoms with van der Waals surface area (Å²) < 4.78 is 5.45. The Bertz CT molecular complexity index is 368. The van der Waals surface area contributed by atoms with Gasteiger partial charge in [-0.15, -0.1) is 0 Å². The molecule has 1 unspecified atom stereocenters. The van der Waals surface area contributed by atoms with Gasteiger partial charge in [0.05, 0.1) is 13.0 Å². The first-order valence-corrected chi connectivity index (χ1v) is 7.28. The quantitative estimate of drug-likeness (QED) is 0.741. The largest absolute Gasteiger partial charge is 0.493 e. The maximum atomic E-state index is 11.6. The normalized spacial score (nSPS) is 11.9. The van der Waals surface area contributed by atoms with Crippen LogP contribution in [0.2, 0.25) is 0 Å². The van der Waals surface area contributed by atoms with Crippen LogP contribution in [0.25, 0.3) is 0 Å². The number of ether oxygens (including phenoxy) is 1. The molecular weight excluding hydrogens is 248 g/mol. The number of rotatable bonds is 7. The maximum Gasteiger partial charge on any atom is 0.223 e. The lowest BCUT2D eigenvalue weighted by molar-refractivity contribution is -0.122. The standard InChI is InChI=1S/C13H20N2O2S/c1-10(9-18-2)15-13(16)7-8-17-12-5-3-11(14)4-6-12/h3-6,10H,7-9,14H2,1-2H3,(H,15,16). The van der Waals surface area contributed by atoms with Crippen molar-refractivity contribution in [2.75, 3.05) is 24.3 Å². The highest BCUT2D eigenvalue weighted by molar-refractivity contribution is 7.98. The lowest BCUT2D eigenvalue weighted by atomic mass is 10.3. The predicted octanol–water partition coefficient (Wildman–Crippen LogP) is 1.91. The lowest BCUT2D eigenvalue weighted by Gasteiger charge is -2.12. The second-order valence-electron chi connectivity index (χ2n) is 4.09. The van der Waals surface area contributed by atoms with Gasteiger partial charge >= 0.3 is 0 Å². The second-order valence-corrected chi connectivity index (χ2v) is 5.00. The van der Waals surface area contributed by atoms with Gasteiger partial charge in [0.25, 0.3) is 0 Å². The van der Waals surface area contributed by atoms with Crippen LogP contribution in [0.3, 0.4) is 0 Å². The Morgan fingerprint density at radius 2 is 2.11 bits per heavy atom.